The first-order chi connectivity index (χ1) is 8.97. The van der Waals surface area contributed by atoms with Crippen LogP contribution >= 0.6 is 0 Å². The Morgan fingerprint density at radius 3 is 2.47 bits per heavy atom. The van der Waals surface area contributed by atoms with Gasteiger partial charge in [-0.1, -0.05) is 0 Å². The van der Waals surface area contributed by atoms with E-state index >= 15 is 0 Å². The number of ether oxygens (including phenoxy) is 2. The molecule has 0 fully saturated rings. The highest BCUT2D eigenvalue weighted by Gasteiger charge is 2.16. The molecular formula is C12H17N3O4. The third-order valence-electron chi connectivity index (χ3n) is 2.42. The molecule has 1 aromatic carbocycles. The van der Waals surface area contributed by atoms with Crippen molar-refractivity contribution >= 4 is 17.6 Å². The number of primary amides is 1. The van der Waals surface area contributed by atoms with Gasteiger partial charge >= 0.3 is 6.03 Å². The Morgan fingerprint density at radius 1 is 1.26 bits per heavy atom. The summed E-state index contributed by atoms with van der Waals surface area (Å²) >= 11 is 0. The van der Waals surface area contributed by atoms with E-state index in [0.29, 0.717) is 17.2 Å². The summed E-state index contributed by atoms with van der Waals surface area (Å²) in [5.41, 5.74) is 5.46. The minimum atomic E-state index is -0.892. The molecule has 0 aliphatic carbocycles. The Balaban J connectivity index is 2.85. The number of anilines is 1. The van der Waals surface area contributed by atoms with Crippen molar-refractivity contribution in [2.24, 2.45) is 5.73 Å². The predicted molar refractivity (Wildman–Crippen MR) is 70.4 cm³/mol. The van der Waals surface area contributed by atoms with E-state index in [2.05, 4.69) is 5.32 Å². The first kappa shape index (κ1) is 14.6. The highest BCUT2D eigenvalue weighted by Crippen LogP contribution is 2.29. The Hall–Kier alpha value is -2.44. The van der Waals surface area contributed by atoms with E-state index in [9.17, 15) is 9.59 Å². The molecular weight excluding hydrogens is 250 g/mol. The number of hydrogen-bond acceptors (Lipinski definition) is 5. The lowest BCUT2D eigenvalue weighted by Gasteiger charge is -2.17. The second-order valence-electron chi connectivity index (χ2n) is 3.79. The van der Waals surface area contributed by atoms with Gasteiger partial charge in [-0.05, 0) is 19.1 Å². The van der Waals surface area contributed by atoms with Gasteiger partial charge in [0.25, 0.3) is 0 Å². The van der Waals surface area contributed by atoms with Gasteiger partial charge in [-0.2, -0.15) is 0 Å². The summed E-state index contributed by atoms with van der Waals surface area (Å²) in [5, 5.41) is 4.91. The number of hydrogen-bond donors (Lipinski definition) is 3. The third kappa shape index (κ3) is 4.06. The lowest BCUT2D eigenvalue weighted by molar-refractivity contribution is -0.120. The zero-order chi connectivity index (χ0) is 14.4. The molecule has 0 aliphatic rings. The number of rotatable bonds is 5. The molecule has 0 spiro atoms. The summed E-state index contributed by atoms with van der Waals surface area (Å²) in [6.45, 7) is 1.59. The molecule has 1 rings (SSSR count). The predicted octanol–water partition coefficient (Wildman–Crippen LogP) is 0.699. The van der Waals surface area contributed by atoms with E-state index in [0.717, 1.165) is 0 Å². The van der Waals surface area contributed by atoms with E-state index in [1.807, 2.05) is 5.32 Å². The lowest BCUT2D eigenvalue weighted by atomic mass is 10.2. The van der Waals surface area contributed by atoms with Crippen molar-refractivity contribution in [3.63, 3.8) is 0 Å². The van der Waals surface area contributed by atoms with Crippen molar-refractivity contribution < 1.29 is 19.1 Å². The molecule has 1 aromatic rings. The fourth-order valence-electron chi connectivity index (χ4n) is 1.46. The Kier molecular flexibility index (Phi) is 4.99. The van der Waals surface area contributed by atoms with Crippen LogP contribution in [0.1, 0.15) is 6.92 Å². The Bertz CT molecular complexity index is 476. The van der Waals surface area contributed by atoms with Crippen molar-refractivity contribution in [2.75, 3.05) is 19.5 Å². The van der Waals surface area contributed by atoms with Crippen LogP contribution in [0.15, 0.2) is 18.2 Å². The summed E-state index contributed by atoms with van der Waals surface area (Å²) in [6.07, 6.45) is 0. The zero-order valence-corrected chi connectivity index (χ0v) is 11.0. The third-order valence-corrected chi connectivity index (χ3v) is 2.42. The number of benzene rings is 1. The van der Waals surface area contributed by atoms with Crippen molar-refractivity contribution in [3.8, 4) is 11.5 Å². The van der Waals surface area contributed by atoms with Gasteiger partial charge in [-0.3, -0.25) is 10.1 Å². The molecule has 0 bridgehead atoms. The summed E-state index contributed by atoms with van der Waals surface area (Å²) in [7, 11) is 3.05. The summed E-state index contributed by atoms with van der Waals surface area (Å²) in [5.74, 6) is 0.641. The molecule has 0 aliphatic heterocycles. The van der Waals surface area contributed by atoms with Crippen LogP contribution in [0.3, 0.4) is 0 Å². The van der Waals surface area contributed by atoms with Crippen molar-refractivity contribution in [1.29, 1.82) is 0 Å². The van der Waals surface area contributed by atoms with Gasteiger partial charge < -0.3 is 20.5 Å². The SMILES string of the molecule is COc1ccc(OC)c(NC(C)C(=O)NC(N)=O)c1. The second-order valence-corrected chi connectivity index (χ2v) is 3.79. The Labute approximate surface area is 111 Å². The molecule has 0 aromatic heterocycles. The normalized spacial score (nSPS) is 11.3. The average molecular weight is 267 g/mol. The number of urea groups is 1. The molecule has 0 saturated carbocycles. The minimum absolute atomic E-state index is 0.530. The maximum atomic E-state index is 11.6. The van der Waals surface area contributed by atoms with Gasteiger partial charge in [0.2, 0.25) is 5.91 Å². The molecule has 19 heavy (non-hydrogen) atoms. The highest BCUT2D eigenvalue weighted by molar-refractivity contribution is 5.97. The second kappa shape index (κ2) is 6.48. The van der Waals surface area contributed by atoms with E-state index in [1.54, 1.807) is 25.1 Å². The molecule has 104 valence electrons. The van der Waals surface area contributed by atoms with Crippen LogP contribution in [-0.2, 0) is 4.79 Å². The number of carbonyl (C=O) groups excluding carboxylic acids is 2. The van der Waals surface area contributed by atoms with E-state index in [1.165, 1.54) is 14.2 Å². The van der Waals surface area contributed by atoms with Gasteiger partial charge in [0, 0.05) is 6.07 Å². The van der Waals surface area contributed by atoms with Crippen molar-refractivity contribution in [3.05, 3.63) is 18.2 Å². The monoisotopic (exact) mass is 267 g/mol. The quantitative estimate of drug-likeness (QED) is 0.728. The van der Waals surface area contributed by atoms with Crippen LogP contribution in [0.2, 0.25) is 0 Å². The minimum Gasteiger partial charge on any atom is -0.497 e. The standard InChI is InChI=1S/C12H17N3O4/c1-7(11(16)15-12(13)17)14-9-6-8(18-2)4-5-10(9)19-3/h4-7,14H,1-3H3,(H3,13,15,16,17). The summed E-state index contributed by atoms with van der Waals surface area (Å²) in [6, 6.07) is 3.58. The number of nitrogens with one attached hydrogen (secondary N) is 2. The number of imide groups is 1. The van der Waals surface area contributed by atoms with Gasteiger partial charge in [-0.15, -0.1) is 0 Å². The fraction of sp³-hybridized carbons (Fsp3) is 0.333. The number of nitrogens with two attached hydrogens (primary N) is 1. The molecule has 7 heteroatoms. The summed E-state index contributed by atoms with van der Waals surface area (Å²) in [4.78, 5) is 22.2. The molecule has 1 atom stereocenters. The van der Waals surface area contributed by atoms with Crippen LogP contribution in [0.5, 0.6) is 11.5 Å². The smallest absolute Gasteiger partial charge is 0.318 e. The zero-order valence-electron chi connectivity index (χ0n) is 11.0. The fourth-order valence-corrected chi connectivity index (χ4v) is 1.46. The first-order valence-corrected chi connectivity index (χ1v) is 5.56. The number of methoxy groups -OCH3 is 2. The van der Waals surface area contributed by atoms with Gasteiger partial charge in [0.1, 0.15) is 17.5 Å². The molecule has 0 heterocycles. The molecule has 0 radical (unpaired) electrons. The molecule has 7 nitrogen and oxygen atoms in total. The van der Waals surface area contributed by atoms with Gasteiger partial charge in [-0.25, -0.2) is 4.79 Å². The highest BCUT2D eigenvalue weighted by atomic mass is 16.5. The maximum Gasteiger partial charge on any atom is 0.318 e. The summed E-state index contributed by atoms with van der Waals surface area (Å²) < 4.78 is 10.3. The molecule has 1 unspecified atom stereocenters. The molecule has 3 amide bonds. The Morgan fingerprint density at radius 2 is 1.95 bits per heavy atom. The molecule has 0 saturated heterocycles. The van der Waals surface area contributed by atoms with Gasteiger partial charge in [0.15, 0.2) is 0 Å². The maximum absolute atomic E-state index is 11.6. The van der Waals surface area contributed by atoms with Crippen LogP contribution in [0.25, 0.3) is 0 Å². The van der Waals surface area contributed by atoms with Gasteiger partial charge in [0.05, 0.1) is 19.9 Å². The van der Waals surface area contributed by atoms with Crippen LogP contribution < -0.4 is 25.8 Å². The first-order valence-electron chi connectivity index (χ1n) is 5.56. The molecule has 4 N–H and O–H groups in total. The van der Waals surface area contributed by atoms with Crippen molar-refractivity contribution in [2.45, 2.75) is 13.0 Å². The van der Waals surface area contributed by atoms with Crippen LogP contribution in [-0.4, -0.2) is 32.2 Å². The van der Waals surface area contributed by atoms with E-state index in [-0.39, 0.29) is 0 Å². The van der Waals surface area contributed by atoms with E-state index in [4.69, 9.17) is 15.2 Å². The average Bonchev–Trinajstić information content (AvgIpc) is 2.37. The van der Waals surface area contributed by atoms with Crippen LogP contribution in [0, 0.1) is 0 Å². The topological polar surface area (TPSA) is 103 Å². The number of carbonyl (C=O) groups is 2. The largest absolute Gasteiger partial charge is 0.497 e. The van der Waals surface area contributed by atoms with E-state index < -0.39 is 18.0 Å². The van der Waals surface area contributed by atoms with Crippen molar-refractivity contribution in [1.82, 2.24) is 5.32 Å². The lowest BCUT2D eigenvalue weighted by Crippen LogP contribution is -2.43. The number of amides is 3. The van der Waals surface area contributed by atoms with Crippen LogP contribution in [0.4, 0.5) is 10.5 Å².